The fraction of sp³-hybridized carbons (Fsp3) is 0.391. The SMILES string of the molecule is CCN1CN(C)C(=O)c2ccccc21.CCN1CN(CC)c2ccccc2C1=O. The van der Waals surface area contributed by atoms with E-state index in [2.05, 4.69) is 23.6 Å². The van der Waals surface area contributed by atoms with Crippen molar-refractivity contribution >= 4 is 23.2 Å². The predicted molar refractivity (Wildman–Crippen MR) is 117 cm³/mol. The van der Waals surface area contributed by atoms with E-state index in [9.17, 15) is 9.59 Å². The van der Waals surface area contributed by atoms with Crippen molar-refractivity contribution in [3.63, 3.8) is 0 Å². The summed E-state index contributed by atoms with van der Waals surface area (Å²) in [6.07, 6.45) is 0. The van der Waals surface area contributed by atoms with E-state index in [1.54, 1.807) is 4.90 Å². The molecule has 2 aromatic rings. The molecule has 154 valence electrons. The van der Waals surface area contributed by atoms with Crippen LogP contribution in [0.1, 0.15) is 41.5 Å². The van der Waals surface area contributed by atoms with Gasteiger partial charge < -0.3 is 19.6 Å². The number of para-hydroxylation sites is 2. The third-order valence-electron chi connectivity index (χ3n) is 5.45. The first-order chi connectivity index (χ1) is 14.0. The number of anilines is 2. The van der Waals surface area contributed by atoms with Crippen LogP contribution in [0.2, 0.25) is 0 Å². The second-order valence-corrected chi connectivity index (χ2v) is 7.19. The molecular formula is C23H30N4O2. The van der Waals surface area contributed by atoms with E-state index in [0.717, 1.165) is 42.1 Å². The van der Waals surface area contributed by atoms with Crippen molar-refractivity contribution in [3.05, 3.63) is 59.7 Å². The largest absolute Gasteiger partial charge is 0.353 e. The van der Waals surface area contributed by atoms with Gasteiger partial charge in [-0.3, -0.25) is 9.59 Å². The predicted octanol–water partition coefficient (Wildman–Crippen LogP) is 3.50. The van der Waals surface area contributed by atoms with Crippen molar-refractivity contribution in [1.29, 1.82) is 0 Å². The van der Waals surface area contributed by atoms with Gasteiger partial charge in [0.05, 0.1) is 35.8 Å². The van der Waals surface area contributed by atoms with Gasteiger partial charge in [-0.05, 0) is 45.0 Å². The third-order valence-corrected chi connectivity index (χ3v) is 5.45. The normalized spacial score (nSPS) is 15.6. The first kappa shape index (κ1) is 20.7. The maximum absolute atomic E-state index is 12.0. The second-order valence-electron chi connectivity index (χ2n) is 7.19. The van der Waals surface area contributed by atoms with E-state index in [0.29, 0.717) is 13.3 Å². The highest BCUT2D eigenvalue weighted by Gasteiger charge is 2.27. The van der Waals surface area contributed by atoms with Gasteiger partial charge in [-0.2, -0.15) is 0 Å². The molecule has 6 heteroatoms. The summed E-state index contributed by atoms with van der Waals surface area (Å²) in [4.78, 5) is 31.8. The van der Waals surface area contributed by atoms with Crippen LogP contribution in [0, 0.1) is 0 Å². The lowest BCUT2D eigenvalue weighted by Crippen LogP contribution is -2.46. The molecule has 0 unspecified atom stereocenters. The highest BCUT2D eigenvalue weighted by molar-refractivity contribution is 6.02. The molecule has 6 nitrogen and oxygen atoms in total. The van der Waals surface area contributed by atoms with Gasteiger partial charge in [0.2, 0.25) is 0 Å². The minimum Gasteiger partial charge on any atom is -0.353 e. The average molecular weight is 395 g/mol. The quantitative estimate of drug-likeness (QED) is 0.799. The van der Waals surface area contributed by atoms with Crippen molar-refractivity contribution in [1.82, 2.24) is 9.80 Å². The van der Waals surface area contributed by atoms with Gasteiger partial charge in [0, 0.05) is 26.7 Å². The van der Waals surface area contributed by atoms with E-state index < -0.39 is 0 Å². The second kappa shape index (κ2) is 8.99. The monoisotopic (exact) mass is 394 g/mol. The van der Waals surface area contributed by atoms with E-state index in [4.69, 9.17) is 0 Å². The molecule has 0 bridgehead atoms. The molecule has 2 amide bonds. The summed E-state index contributed by atoms with van der Waals surface area (Å²) in [6, 6.07) is 15.6. The van der Waals surface area contributed by atoms with Crippen LogP contribution < -0.4 is 9.80 Å². The summed E-state index contributed by atoms with van der Waals surface area (Å²) in [5.74, 6) is 0.267. The molecule has 0 fully saturated rings. The maximum atomic E-state index is 12.0. The standard InChI is InChI=1S/C12H16N2O.C11H14N2O/c1-3-13-9-14(4-2)12(15)10-7-5-6-8-11(10)13;1-3-13-8-12(2)11(14)9-6-4-5-7-10(9)13/h5-8H,3-4,9H2,1-2H3;4-7H,3,8H2,1-2H3. The number of carbonyl (C=O) groups is 2. The molecule has 0 saturated carbocycles. The lowest BCUT2D eigenvalue weighted by atomic mass is 10.1. The van der Waals surface area contributed by atoms with Crippen molar-refractivity contribution < 1.29 is 9.59 Å². The Morgan fingerprint density at radius 3 is 1.62 bits per heavy atom. The number of nitrogens with zero attached hydrogens (tertiary/aromatic N) is 4. The lowest BCUT2D eigenvalue weighted by molar-refractivity contribution is 0.0749. The van der Waals surface area contributed by atoms with Crippen LogP contribution in [0.3, 0.4) is 0 Å². The van der Waals surface area contributed by atoms with Crippen LogP contribution >= 0.6 is 0 Å². The minimum absolute atomic E-state index is 0.116. The fourth-order valence-corrected chi connectivity index (χ4v) is 3.76. The maximum Gasteiger partial charge on any atom is 0.257 e. The lowest BCUT2D eigenvalue weighted by Gasteiger charge is -2.36. The van der Waals surface area contributed by atoms with Crippen molar-refractivity contribution in [3.8, 4) is 0 Å². The van der Waals surface area contributed by atoms with Gasteiger partial charge in [-0.1, -0.05) is 24.3 Å². The minimum atomic E-state index is 0.116. The molecule has 0 aromatic heterocycles. The van der Waals surface area contributed by atoms with E-state index in [-0.39, 0.29) is 11.8 Å². The zero-order chi connectivity index (χ0) is 21.0. The van der Waals surface area contributed by atoms with Crippen LogP contribution in [0.4, 0.5) is 11.4 Å². The number of fused-ring (bicyclic) bond motifs is 2. The number of hydrogen-bond acceptors (Lipinski definition) is 4. The van der Waals surface area contributed by atoms with Crippen LogP contribution in [-0.4, -0.2) is 61.6 Å². The molecule has 0 N–H and O–H groups in total. The molecule has 0 atom stereocenters. The Kier molecular flexibility index (Phi) is 6.42. The van der Waals surface area contributed by atoms with Gasteiger partial charge in [-0.15, -0.1) is 0 Å². The number of carbonyl (C=O) groups excluding carboxylic acids is 2. The Labute approximate surface area is 173 Å². The highest BCUT2D eigenvalue weighted by atomic mass is 16.2. The van der Waals surface area contributed by atoms with Gasteiger partial charge >= 0.3 is 0 Å². The van der Waals surface area contributed by atoms with Gasteiger partial charge in [0.25, 0.3) is 11.8 Å². The Morgan fingerprint density at radius 1 is 0.655 bits per heavy atom. The molecule has 0 aliphatic carbocycles. The Balaban J connectivity index is 0.000000166. The molecule has 0 spiro atoms. The topological polar surface area (TPSA) is 47.1 Å². The zero-order valence-corrected chi connectivity index (χ0v) is 17.8. The smallest absolute Gasteiger partial charge is 0.257 e. The highest BCUT2D eigenvalue weighted by Crippen LogP contribution is 2.27. The van der Waals surface area contributed by atoms with E-state index >= 15 is 0 Å². The molecule has 4 rings (SSSR count). The summed E-state index contributed by atoms with van der Waals surface area (Å²) in [7, 11) is 1.83. The number of hydrogen-bond donors (Lipinski definition) is 0. The zero-order valence-electron chi connectivity index (χ0n) is 17.8. The molecular weight excluding hydrogens is 364 g/mol. The summed E-state index contributed by atoms with van der Waals surface area (Å²) < 4.78 is 0. The van der Waals surface area contributed by atoms with Crippen LogP contribution in [0.5, 0.6) is 0 Å². The molecule has 2 heterocycles. The first-order valence-electron chi connectivity index (χ1n) is 10.2. The van der Waals surface area contributed by atoms with Crippen molar-refractivity contribution in [2.24, 2.45) is 0 Å². The molecule has 2 aliphatic heterocycles. The van der Waals surface area contributed by atoms with Crippen LogP contribution in [-0.2, 0) is 0 Å². The molecule has 0 saturated heterocycles. The first-order valence-corrected chi connectivity index (χ1v) is 10.2. The summed E-state index contributed by atoms with van der Waals surface area (Å²) in [6.45, 7) is 10.2. The van der Waals surface area contributed by atoms with E-state index in [1.807, 2.05) is 67.4 Å². The third kappa shape index (κ3) is 4.06. The molecule has 2 aliphatic rings. The van der Waals surface area contributed by atoms with Crippen LogP contribution in [0.25, 0.3) is 0 Å². The average Bonchev–Trinajstić information content (AvgIpc) is 2.77. The van der Waals surface area contributed by atoms with Gasteiger partial charge in [0.1, 0.15) is 0 Å². The van der Waals surface area contributed by atoms with Crippen molar-refractivity contribution in [2.75, 3.05) is 49.8 Å². The number of rotatable bonds is 3. The Hall–Kier alpha value is -3.02. The summed E-state index contributed by atoms with van der Waals surface area (Å²) in [5, 5.41) is 0. The van der Waals surface area contributed by atoms with Crippen molar-refractivity contribution in [2.45, 2.75) is 20.8 Å². The number of benzene rings is 2. The van der Waals surface area contributed by atoms with E-state index in [1.165, 1.54) is 0 Å². The van der Waals surface area contributed by atoms with Gasteiger partial charge in [0.15, 0.2) is 0 Å². The summed E-state index contributed by atoms with van der Waals surface area (Å²) >= 11 is 0. The molecule has 2 aromatic carbocycles. The molecule has 29 heavy (non-hydrogen) atoms. The number of amides is 2. The summed E-state index contributed by atoms with van der Waals surface area (Å²) in [5.41, 5.74) is 3.75. The Morgan fingerprint density at radius 2 is 1.10 bits per heavy atom. The van der Waals surface area contributed by atoms with Crippen LogP contribution in [0.15, 0.2) is 48.5 Å². The van der Waals surface area contributed by atoms with Gasteiger partial charge in [-0.25, -0.2) is 0 Å². The molecule has 0 radical (unpaired) electrons. The fourth-order valence-electron chi connectivity index (χ4n) is 3.76. The Bertz CT molecular complexity index is 883.